The molecule has 0 bridgehead atoms. The highest BCUT2D eigenvalue weighted by Gasteiger charge is 2.24. The third-order valence-corrected chi connectivity index (χ3v) is 4.72. The standard InChI is InChI=1S/C19H25BrF2N2S/c1-18(2,3)11-24-10-14(13-8-7-12(20)9-15(13)24)16(17(21)22)23-25-19(4,5)6/h7-10,17H,11H2,1-6H3. The molecule has 0 radical (unpaired) electrons. The average Bonchev–Trinajstić information content (AvgIpc) is 2.73. The average molecular weight is 431 g/mol. The Morgan fingerprint density at radius 1 is 1.20 bits per heavy atom. The zero-order valence-corrected chi connectivity index (χ0v) is 17.9. The van der Waals surface area contributed by atoms with Crippen LogP contribution in [0, 0.1) is 5.41 Å². The van der Waals surface area contributed by atoms with Gasteiger partial charge in [-0.3, -0.25) is 0 Å². The largest absolute Gasteiger partial charge is 0.346 e. The molecule has 0 amide bonds. The van der Waals surface area contributed by atoms with Crippen molar-refractivity contribution in [1.29, 1.82) is 0 Å². The Morgan fingerprint density at radius 2 is 1.84 bits per heavy atom. The summed E-state index contributed by atoms with van der Waals surface area (Å²) in [4.78, 5) is 0. The van der Waals surface area contributed by atoms with Crippen molar-refractivity contribution in [1.82, 2.24) is 4.57 Å². The molecule has 0 atom stereocenters. The molecule has 6 heteroatoms. The molecule has 0 saturated carbocycles. The number of fused-ring (bicyclic) bond motifs is 1. The van der Waals surface area contributed by atoms with Gasteiger partial charge in [-0.15, -0.1) is 0 Å². The summed E-state index contributed by atoms with van der Waals surface area (Å²) in [6.07, 6.45) is -0.802. The van der Waals surface area contributed by atoms with Crippen LogP contribution in [0.25, 0.3) is 10.9 Å². The van der Waals surface area contributed by atoms with E-state index in [1.165, 1.54) is 11.9 Å². The maximum absolute atomic E-state index is 13.8. The van der Waals surface area contributed by atoms with E-state index in [4.69, 9.17) is 0 Å². The molecule has 0 aliphatic heterocycles. The summed E-state index contributed by atoms with van der Waals surface area (Å²) in [6.45, 7) is 13.0. The van der Waals surface area contributed by atoms with E-state index < -0.39 is 6.43 Å². The van der Waals surface area contributed by atoms with E-state index in [0.717, 1.165) is 21.9 Å². The first-order valence-electron chi connectivity index (χ1n) is 8.20. The van der Waals surface area contributed by atoms with Gasteiger partial charge in [0.1, 0.15) is 5.71 Å². The van der Waals surface area contributed by atoms with Gasteiger partial charge in [0.25, 0.3) is 6.43 Å². The summed E-state index contributed by atoms with van der Waals surface area (Å²) in [5.41, 5.74) is 1.33. The molecule has 25 heavy (non-hydrogen) atoms. The van der Waals surface area contributed by atoms with Gasteiger partial charge >= 0.3 is 0 Å². The minimum Gasteiger partial charge on any atom is -0.346 e. The molecule has 0 spiro atoms. The van der Waals surface area contributed by atoms with E-state index in [2.05, 4.69) is 45.7 Å². The Balaban J connectivity index is 2.63. The number of nitrogens with zero attached hydrogens (tertiary/aromatic N) is 2. The van der Waals surface area contributed by atoms with Crippen molar-refractivity contribution >= 4 is 44.5 Å². The summed E-state index contributed by atoms with van der Waals surface area (Å²) < 4.78 is 34.5. The smallest absolute Gasteiger partial charge is 0.281 e. The van der Waals surface area contributed by atoms with Crippen LogP contribution in [-0.2, 0) is 6.54 Å². The van der Waals surface area contributed by atoms with Crippen molar-refractivity contribution in [3.05, 3.63) is 34.4 Å². The van der Waals surface area contributed by atoms with Crippen molar-refractivity contribution in [3.63, 3.8) is 0 Å². The maximum atomic E-state index is 13.8. The van der Waals surface area contributed by atoms with Gasteiger partial charge in [-0.05, 0) is 50.3 Å². The molecule has 138 valence electrons. The third kappa shape index (κ3) is 5.55. The molecule has 2 rings (SSSR count). The predicted molar refractivity (Wildman–Crippen MR) is 109 cm³/mol. The van der Waals surface area contributed by atoms with Gasteiger partial charge in [-0.2, -0.15) is 0 Å². The van der Waals surface area contributed by atoms with E-state index in [1.54, 1.807) is 0 Å². The number of hydrogen-bond acceptors (Lipinski definition) is 2. The highest BCUT2D eigenvalue weighted by molar-refractivity contribution is 9.10. The van der Waals surface area contributed by atoms with Crippen LogP contribution < -0.4 is 0 Å². The van der Waals surface area contributed by atoms with E-state index in [1.807, 2.05) is 45.2 Å². The van der Waals surface area contributed by atoms with Gasteiger partial charge in [0.05, 0.1) is 0 Å². The Kier molecular flexibility index (Phi) is 6.04. The zero-order valence-electron chi connectivity index (χ0n) is 15.5. The SMILES string of the molecule is CC(C)(C)Cn1cc(C(=NSC(C)(C)C)C(F)F)c2ccc(Br)cc21. The van der Waals surface area contributed by atoms with Gasteiger partial charge in [-0.1, -0.05) is 42.8 Å². The van der Waals surface area contributed by atoms with Crippen molar-refractivity contribution < 1.29 is 8.78 Å². The second-order valence-electron chi connectivity index (χ2n) is 8.37. The van der Waals surface area contributed by atoms with Gasteiger partial charge in [0.2, 0.25) is 0 Å². The normalized spacial score (nSPS) is 13.9. The summed E-state index contributed by atoms with van der Waals surface area (Å²) in [5, 5.41) is 0.806. The van der Waals surface area contributed by atoms with Crippen LogP contribution in [0.3, 0.4) is 0 Å². The topological polar surface area (TPSA) is 17.3 Å². The second kappa shape index (κ2) is 7.39. The van der Waals surface area contributed by atoms with Gasteiger partial charge in [0, 0.05) is 38.4 Å². The molecule has 0 saturated heterocycles. The van der Waals surface area contributed by atoms with Crippen molar-refractivity contribution in [3.8, 4) is 0 Å². The predicted octanol–water partition coefficient (Wildman–Crippen LogP) is 6.95. The fourth-order valence-electron chi connectivity index (χ4n) is 2.50. The van der Waals surface area contributed by atoms with Crippen LogP contribution in [0.15, 0.2) is 33.3 Å². The van der Waals surface area contributed by atoms with Crippen LogP contribution in [0.4, 0.5) is 8.78 Å². The molecule has 0 aliphatic rings. The van der Waals surface area contributed by atoms with E-state index in [9.17, 15) is 8.78 Å². The number of halogens is 3. The van der Waals surface area contributed by atoms with E-state index in [0.29, 0.717) is 5.56 Å². The molecule has 1 aromatic carbocycles. The van der Waals surface area contributed by atoms with Crippen molar-refractivity contribution in [2.45, 2.75) is 59.3 Å². The number of alkyl halides is 2. The zero-order chi connectivity index (χ0) is 19.0. The summed E-state index contributed by atoms with van der Waals surface area (Å²) in [7, 11) is 0. The summed E-state index contributed by atoms with van der Waals surface area (Å²) in [5.74, 6) is 0. The lowest BCUT2D eigenvalue weighted by Gasteiger charge is -2.19. The summed E-state index contributed by atoms with van der Waals surface area (Å²) >= 11 is 4.67. The number of rotatable bonds is 4. The minimum atomic E-state index is -2.62. The van der Waals surface area contributed by atoms with Crippen LogP contribution in [0.1, 0.15) is 47.1 Å². The van der Waals surface area contributed by atoms with E-state index in [-0.39, 0.29) is 15.9 Å². The monoisotopic (exact) mass is 430 g/mol. The molecule has 0 unspecified atom stereocenters. The van der Waals surface area contributed by atoms with E-state index >= 15 is 0 Å². The first-order chi connectivity index (χ1) is 11.4. The molecule has 0 N–H and O–H groups in total. The lowest BCUT2D eigenvalue weighted by Crippen LogP contribution is -2.15. The highest BCUT2D eigenvalue weighted by atomic mass is 79.9. The van der Waals surface area contributed by atoms with Crippen molar-refractivity contribution in [2.75, 3.05) is 0 Å². The molecular formula is C19H25BrF2N2S. The lowest BCUT2D eigenvalue weighted by atomic mass is 9.97. The van der Waals surface area contributed by atoms with Crippen LogP contribution in [0.2, 0.25) is 0 Å². The molecule has 1 heterocycles. The van der Waals surface area contributed by atoms with Crippen LogP contribution in [-0.4, -0.2) is 21.5 Å². The Hall–Kier alpha value is -0.880. The Morgan fingerprint density at radius 3 is 2.36 bits per heavy atom. The van der Waals surface area contributed by atoms with Gasteiger partial charge < -0.3 is 4.57 Å². The fraction of sp³-hybridized carbons (Fsp3) is 0.526. The van der Waals surface area contributed by atoms with Gasteiger partial charge in [-0.25, -0.2) is 13.2 Å². The fourth-order valence-corrected chi connectivity index (χ4v) is 3.40. The molecule has 2 aromatic rings. The lowest BCUT2D eigenvalue weighted by molar-refractivity contribution is 0.227. The van der Waals surface area contributed by atoms with Crippen LogP contribution in [0.5, 0.6) is 0 Å². The second-order valence-corrected chi connectivity index (χ2v) is 10.9. The first-order valence-corrected chi connectivity index (χ1v) is 9.77. The van der Waals surface area contributed by atoms with Crippen LogP contribution >= 0.6 is 27.9 Å². The highest BCUT2D eigenvalue weighted by Crippen LogP contribution is 2.32. The van der Waals surface area contributed by atoms with Gasteiger partial charge in [0.15, 0.2) is 0 Å². The third-order valence-electron chi connectivity index (χ3n) is 3.39. The summed E-state index contributed by atoms with van der Waals surface area (Å²) in [6, 6.07) is 5.74. The molecule has 2 nitrogen and oxygen atoms in total. The molecule has 0 aliphatic carbocycles. The Bertz CT molecular complexity index is 783. The molecular weight excluding hydrogens is 406 g/mol. The number of hydrogen-bond donors (Lipinski definition) is 0. The quantitative estimate of drug-likeness (QED) is 0.378. The number of benzene rings is 1. The first kappa shape index (κ1) is 20.4. The molecule has 1 aromatic heterocycles. The van der Waals surface area contributed by atoms with Crippen molar-refractivity contribution in [2.24, 2.45) is 9.81 Å². The Labute approximate surface area is 161 Å². The minimum absolute atomic E-state index is 0.0355. The maximum Gasteiger partial charge on any atom is 0.281 e. The number of aromatic nitrogens is 1. The molecule has 0 fully saturated rings.